The topological polar surface area (TPSA) is 93.8 Å². The Hall–Kier alpha value is -2.70. The Kier molecular flexibility index (Phi) is 2.71. The van der Waals surface area contributed by atoms with Gasteiger partial charge in [-0.05, 0) is 12.1 Å². The van der Waals surface area contributed by atoms with E-state index < -0.39 is 5.97 Å². The van der Waals surface area contributed by atoms with Gasteiger partial charge in [-0.25, -0.2) is 4.79 Å². The van der Waals surface area contributed by atoms with Gasteiger partial charge in [0.2, 0.25) is 0 Å². The molecule has 1 aliphatic heterocycles. The van der Waals surface area contributed by atoms with Crippen molar-refractivity contribution in [3.63, 3.8) is 0 Å². The van der Waals surface area contributed by atoms with Crippen LogP contribution in [0.4, 0.5) is 11.7 Å². The molecule has 98 valence electrons. The molecule has 0 unspecified atom stereocenters. The summed E-state index contributed by atoms with van der Waals surface area (Å²) in [5.74, 6) is 0.163. The van der Waals surface area contributed by atoms with E-state index in [1.807, 2.05) is 0 Å². The van der Waals surface area contributed by atoms with E-state index in [1.165, 1.54) is 0 Å². The number of hydrogen-bond donors (Lipinski definition) is 2. The van der Waals surface area contributed by atoms with Crippen molar-refractivity contribution in [3.05, 3.63) is 30.2 Å². The lowest BCUT2D eigenvalue weighted by Gasteiger charge is -2.18. The molecule has 0 saturated heterocycles. The number of hydrogen-bond acceptors (Lipinski definition) is 6. The summed E-state index contributed by atoms with van der Waals surface area (Å²) in [6.07, 6.45) is 1.07. The van der Waals surface area contributed by atoms with Crippen molar-refractivity contribution in [2.75, 3.05) is 18.5 Å². The molecule has 1 aromatic carbocycles. The summed E-state index contributed by atoms with van der Waals surface area (Å²) in [7, 11) is 0. The molecule has 0 atom stereocenters. The van der Waals surface area contributed by atoms with Crippen LogP contribution in [0.1, 0.15) is 10.5 Å². The van der Waals surface area contributed by atoms with Gasteiger partial charge in [-0.1, -0.05) is 0 Å². The lowest BCUT2D eigenvalue weighted by molar-refractivity contribution is 0.0690. The number of oxazole rings is 1. The summed E-state index contributed by atoms with van der Waals surface area (Å²) in [4.78, 5) is 14.4. The van der Waals surface area contributed by atoms with Gasteiger partial charge in [-0.15, -0.1) is 0 Å². The van der Waals surface area contributed by atoms with E-state index in [-0.39, 0.29) is 11.7 Å². The van der Waals surface area contributed by atoms with Crippen LogP contribution in [0.25, 0.3) is 0 Å². The first kappa shape index (κ1) is 11.4. The Labute approximate surface area is 107 Å². The number of ether oxygens (including phenoxy) is 2. The van der Waals surface area contributed by atoms with Gasteiger partial charge < -0.3 is 24.3 Å². The largest absolute Gasteiger partial charge is 0.486 e. The average Bonchev–Trinajstić information content (AvgIpc) is 2.87. The fraction of sp³-hybridized carbons (Fsp3) is 0.167. The second-order valence-corrected chi connectivity index (χ2v) is 3.83. The summed E-state index contributed by atoms with van der Waals surface area (Å²) in [5, 5.41) is 11.6. The first-order chi connectivity index (χ1) is 9.22. The second kappa shape index (κ2) is 4.52. The van der Waals surface area contributed by atoms with Crippen molar-refractivity contribution in [1.82, 2.24) is 4.98 Å². The minimum Gasteiger partial charge on any atom is -0.486 e. The third-order valence-electron chi connectivity index (χ3n) is 2.52. The van der Waals surface area contributed by atoms with Gasteiger partial charge in [0.15, 0.2) is 17.2 Å². The number of carboxylic acid groups (broad SMARTS) is 1. The van der Waals surface area contributed by atoms with E-state index in [9.17, 15) is 4.79 Å². The summed E-state index contributed by atoms with van der Waals surface area (Å²) in [6.45, 7) is 1.03. The standard InChI is InChI=1S/C12H10N2O5/c15-11(16)8-6-19-12(14-8)13-7-1-2-9-10(5-7)18-4-3-17-9/h1-2,5-6H,3-4H2,(H,13,14)(H,15,16). The van der Waals surface area contributed by atoms with Crippen LogP contribution in [0.3, 0.4) is 0 Å². The number of nitrogens with one attached hydrogen (secondary N) is 1. The molecular weight excluding hydrogens is 252 g/mol. The minimum atomic E-state index is -1.14. The fourth-order valence-electron chi connectivity index (χ4n) is 1.67. The van der Waals surface area contributed by atoms with E-state index in [2.05, 4.69) is 10.3 Å². The first-order valence-electron chi connectivity index (χ1n) is 5.58. The number of nitrogens with zero attached hydrogens (tertiary/aromatic N) is 1. The van der Waals surface area contributed by atoms with Crippen LogP contribution in [0.5, 0.6) is 11.5 Å². The van der Waals surface area contributed by atoms with Crippen molar-refractivity contribution in [3.8, 4) is 11.5 Å². The molecule has 0 radical (unpaired) electrons. The van der Waals surface area contributed by atoms with Crippen molar-refractivity contribution < 1.29 is 23.8 Å². The van der Waals surface area contributed by atoms with Gasteiger partial charge >= 0.3 is 5.97 Å². The molecule has 1 aliphatic rings. The molecule has 2 N–H and O–H groups in total. The Bertz CT molecular complexity index is 622. The fourth-order valence-corrected chi connectivity index (χ4v) is 1.67. The molecule has 2 heterocycles. The zero-order valence-electron chi connectivity index (χ0n) is 9.75. The zero-order valence-corrected chi connectivity index (χ0v) is 9.75. The lowest BCUT2D eigenvalue weighted by Crippen LogP contribution is -2.15. The molecule has 19 heavy (non-hydrogen) atoms. The SMILES string of the molecule is O=C(O)c1coc(Nc2ccc3c(c2)OCCO3)n1. The highest BCUT2D eigenvalue weighted by Gasteiger charge is 2.14. The maximum atomic E-state index is 10.7. The number of aromatic nitrogens is 1. The minimum absolute atomic E-state index is 0.106. The first-order valence-corrected chi connectivity index (χ1v) is 5.58. The predicted molar refractivity (Wildman–Crippen MR) is 64.2 cm³/mol. The van der Waals surface area contributed by atoms with Crippen molar-refractivity contribution >= 4 is 17.7 Å². The third kappa shape index (κ3) is 2.30. The smallest absolute Gasteiger partial charge is 0.357 e. The monoisotopic (exact) mass is 262 g/mol. The highest BCUT2D eigenvalue weighted by Crippen LogP contribution is 2.33. The second-order valence-electron chi connectivity index (χ2n) is 3.83. The summed E-state index contributed by atoms with van der Waals surface area (Å²) < 4.78 is 15.8. The lowest BCUT2D eigenvalue weighted by atomic mass is 10.2. The molecule has 7 nitrogen and oxygen atoms in total. The van der Waals surface area contributed by atoms with E-state index in [4.69, 9.17) is 19.0 Å². The van der Waals surface area contributed by atoms with E-state index >= 15 is 0 Å². The van der Waals surface area contributed by atoms with E-state index in [0.29, 0.717) is 30.4 Å². The number of carboxylic acids is 1. The molecule has 0 saturated carbocycles. The van der Waals surface area contributed by atoms with Crippen molar-refractivity contribution in [1.29, 1.82) is 0 Å². The van der Waals surface area contributed by atoms with Gasteiger partial charge in [-0.3, -0.25) is 0 Å². The van der Waals surface area contributed by atoms with Gasteiger partial charge in [0.05, 0.1) is 0 Å². The average molecular weight is 262 g/mol. The van der Waals surface area contributed by atoms with Crippen LogP contribution in [-0.2, 0) is 0 Å². The number of carbonyl (C=O) groups is 1. The van der Waals surface area contributed by atoms with E-state index in [1.54, 1.807) is 18.2 Å². The Morgan fingerprint density at radius 2 is 2.05 bits per heavy atom. The number of fused-ring (bicyclic) bond motifs is 1. The molecule has 2 aromatic rings. The van der Waals surface area contributed by atoms with E-state index in [0.717, 1.165) is 6.26 Å². The van der Waals surface area contributed by atoms with Crippen LogP contribution in [-0.4, -0.2) is 29.3 Å². The number of rotatable bonds is 3. The Morgan fingerprint density at radius 3 is 2.79 bits per heavy atom. The Morgan fingerprint density at radius 1 is 1.26 bits per heavy atom. The maximum Gasteiger partial charge on any atom is 0.357 e. The van der Waals surface area contributed by atoms with Crippen LogP contribution < -0.4 is 14.8 Å². The molecule has 3 rings (SSSR count). The van der Waals surface area contributed by atoms with Gasteiger partial charge in [0, 0.05) is 11.8 Å². The van der Waals surface area contributed by atoms with Crippen LogP contribution in [0, 0.1) is 0 Å². The van der Waals surface area contributed by atoms with Gasteiger partial charge in [0.25, 0.3) is 6.01 Å². The summed E-state index contributed by atoms with van der Waals surface area (Å²) >= 11 is 0. The van der Waals surface area contributed by atoms with Crippen LogP contribution >= 0.6 is 0 Å². The Balaban J connectivity index is 1.80. The molecule has 1 aromatic heterocycles. The third-order valence-corrected chi connectivity index (χ3v) is 2.52. The maximum absolute atomic E-state index is 10.7. The molecule has 0 aliphatic carbocycles. The van der Waals surface area contributed by atoms with Crippen molar-refractivity contribution in [2.24, 2.45) is 0 Å². The predicted octanol–water partition coefficient (Wildman–Crippen LogP) is 1.89. The quantitative estimate of drug-likeness (QED) is 0.872. The molecule has 0 amide bonds. The highest BCUT2D eigenvalue weighted by molar-refractivity contribution is 5.85. The normalized spacial score (nSPS) is 13.1. The number of aromatic carboxylic acids is 1. The van der Waals surface area contributed by atoms with Gasteiger partial charge in [-0.2, -0.15) is 4.98 Å². The molecular formula is C12H10N2O5. The van der Waals surface area contributed by atoms with Gasteiger partial charge in [0.1, 0.15) is 19.5 Å². The molecule has 0 spiro atoms. The van der Waals surface area contributed by atoms with Crippen molar-refractivity contribution in [2.45, 2.75) is 0 Å². The number of anilines is 2. The molecule has 7 heteroatoms. The highest BCUT2D eigenvalue weighted by atomic mass is 16.6. The number of benzene rings is 1. The summed E-state index contributed by atoms with van der Waals surface area (Å²) in [5.41, 5.74) is 0.517. The molecule has 0 fully saturated rings. The van der Waals surface area contributed by atoms with Crippen LogP contribution in [0.15, 0.2) is 28.9 Å². The zero-order chi connectivity index (χ0) is 13.2. The molecule has 0 bridgehead atoms. The summed E-state index contributed by atoms with van der Waals surface area (Å²) in [6, 6.07) is 5.36. The van der Waals surface area contributed by atoms with Crippen LogP contribution in [0.2, 0.25) is 0 Å².